The molecule has 0 radical (unpaired) electrons. The Morgan fingerprint density at radius 1 is 1.46 bits per heavy atom. The van der Waals surface area contributed by atoms with Crippen molar-refractivity contribution in [2.45, 2.75) is 26.4 Å². The minimum atomic E-state index is -0.361. The van der Waals surface area contributed by atoms with Gasteiger partial charge in [-0.2, -0.15) is 0 Å². The van der Waals surface area contributed by atoms with E-state index in [1.807, 2.05) is 32.0 Å². The number of carbonyl (C=O) groups excluding carboxylic acids is 1. The molecule has 1 N–H and O–H groups in total. The lowest BCUT2D eigenvalue weighted by molar-refractivity contribution is 0.102. The van der Waals surface area contributed by atoms with E-state index in [2.05, 4.69) is 10.3 Å². The number of ether oxygens (including phenoxy) is 2. The lowest BCUT2D eigenvalue weighted by atomic mass is 10.1. The van der Waals surface area contributed by atoms with E-state index in [1.165, 1.54) is 0 Å². The molecule has 1 amide bonds. The third-order valence-electron chi connectivity index (χ3n) is 4.25. The number of amides is 1. The largest absolute Gasteiger partial charge is 0.492 e. The van der Waals surface area contributed by atoms with Crippen molar-refractivity contribution >= 4 is 28.8 Å². The lowest BCUT2D eigenvalue weighted by Crippen LogP contribution is -2.16. The summed E-state index contributed by atoms with van der Waals surface area (Å²) >= 11 is 6.19. The number of imidazole rings is 1. The summed E-state index contributed by atoms with van der Waals surface area (Å²) in [5.41, 5.74) is 2.51. The van der Waals surface area contributed by atoms with E-state index in [4.69, 9.17) is 21.1 Å². The molecule has 0 bridgehead atoms. The molecule has 3 aromatic rings. The number of nitrogens with one attached hydrogen (secondary N) is 1. The van der Waals surface area contributed by atoms with E-state index in [0.717, 1.165) is 17.7 Å². The van der Waals surface area contributed by atoms with Gasteiger partial charge in [0.25, 0.3) is 5.91 Å². The van der Waals surface area contributed by atoms with E-state index < -0.39 is 0 Å². The summed E-state index contributed by atoms with van der Waals surface area (Å²) in [6.07, 6.45) is 2.68. The number of pyridine rings is 1. The van der Waals surface area contributed by atoms with Crippen LogP contribution in [0.25, 0.3) is 5.65 Å². The lowest BCUT2D eigenvalue weighted by Gasteiger charge is -2.13. The Balaban J connectivity index is 1.71. The molecule has 6 nitrogen and oxygen atoms in total. The maximum atomic E-state index is 12.9. The summed E-state index contributed by atoms with van der Waals surface area (Å²) in [6, 6.07) is 9.18. The summed E-state index contributed by atoms with van der Waals surface area (Å²) in [5, 5.41) is 3.04. The fourth-order valence-electron chi connectivity index (χ4n) is 3.16. The van der Waals surface area contributed by atoms with Crippen LogP contribution in [-0.2, 0) is 6.42 Å². The van der Waals surface area contributed by atoms with Gasteiger partial charge in [-0.25, -0.2) is 4.98 Å². The highest BCUT2D eigenvalue weighted by Crippen LogP contribution is 2.38. The first-order chi connectivity index (χ1) is 12.6. The van der Waals surface area contributed by atoms with Crippen molar-refractivity contribution in [2.24, 2.45) is 0 Å². The Kier molecular flexibility index (Phi) is 4.20. The first kappa shape index (κ1) is 16.7. The smallest absolute Gasteiger partial charge is 0.276 e. The van der Waals surface area contributed by atoms with Crippen molar-refractivity contribution in [1.29, 1.82) is 0 Å². The molecule has 0 saturated heterocycles. The average molecular weight is 372 g/mol. The average Bonchev–Trinajstić information content (AvgIpc) is 3.12. The van der Waals surface area contributed by atoms with Gasteiger partial charge < -0.3 is 14.8 Å². The number of hydrogen-bond acceptors (Lipinski definition) is 4. The molecule has 1 aliphatic rings. The zero-order chi connectivity index (χ0) is 18.3. The number of halogens is 1. The molecule has 1 aromatic carbocycles. The maximum Gasteiger partial charge on any atom is 0.276 e. The van der Waals surface area contributed by atoms with Gasteiger partial charge >= 0.3 is 0 Å². The predicted octanol–water partition coefficient (Wildman–Crippen LogP) is 3.96. The molecule has 1 aliphatic heterocycles. The van der Waals surface area contributed by atoms with E-state index >= 15 is 0 Å². The first-order valence-corrected chi connectivity index (χ1v) is 8.85. The molecule has 134 valence electrons. The van der Waals surface area contributed by atoms with Crippen molar-refractivity contribution in [2.75, 3.05) is 11.9 Å². The Labute approximate surface area is 155 Å². The molecule has 26 heavy (non-hydrogen) atoms. The fraction of sp³-hybridized carbons (Fsp3) is 0.263. The van der Waals surface area contributed by atoms with Crippen molar-refractivity contribution in [3.8, 4) is 11.5 Å². The third-order valence-corrected chi connectivity index (χ3v) is 4.51. The Morgan fingerprint density at radius 3 is 3.12 bits per heavy atom. The van der Waals surface area contributed by atoms with Crippen molar-refractivity contribution in [1.82, 2.24) is 9.38 Å². The fourth-order valence-corrected chi connectivity index (χ4v) is 3.43. The second kappa shape index (κ2) is 6.53. The van der Waals surface area contributed by atoms with Crippen LogP contribution < -0.4 is 14.8 Å². The molecule has 2 aromatic heterocycles. The van der Waals surface area contributed by atoms with Crippen LogP contribution in [0.5, 0.6) is 11.5 Å². The standard InChI is InChI=1S/C19H18ClN3O3/c1-3-25-15-9-12-8-11(2)26-14(12)10-13(15)21-19(24)17-18(20)22-16-6-4-5-7-23(16)17/h4-7,9-11H,3,8H2,1-2H3,(H,21,24)/t11-/m1/s1. The molecular formula is C19H18ClN3O3. The molecule has 0 spiro atoms. The zero-order valence-corrected chi connectivity index (χ0v) is 15.2. The van der Waals surface area contributed by atoms with Crippen LogP contribution in [0, 0.1) is 0 Å². The summed E-state index contributed by atoms with van der Waals surface area (Å²) < 4.78 is 13.2. The highest BCUT2D eigenvalue weighted by atomic mass is 35.5. The van der Waals surface area contributed by atoms with E-state index in [9.17, 15) is 4.79 Å². The van der Waals surface area contributed by atoms with Gasteiger partial charge in [0.2, 0.25) is 0 Å². The van der Waals surface area contributed by atoms with Crippen molar-refractivity contribution in [3.63, 3.8) is 0 Å². The van der Waals surface area contributed by atoms with E-state index in [0.29, 0.717) is 23.7 Å². The molecule has 0 unspecified atom stereocenters. The number of aromatic nitrogens is 2. The van der Waals surface area contributed by atoms with Gasteiger partial charge in [-0.15, -0.1) is 0 Å². The minimum absolute atomic E-state index is 0.110. The Bertz CT molecular complexity index is 999. The highest BCUT2D eigenvalue weighted by molar-refractivity contribution is 6.33. The van der Waals surface area contributed by atoms with E-state index in [1.54, 1.807) is 22.7 Å². The van der Waals surface area contributed by atoms with Gasteiger partial charge in [0.05, 0.1) is 12.3 Å². The second-order valence-electron chi connectivity index (χ2n) is 6.16. The SMILES string of the molecule is CCOc1cc2c(cc1NC(=O)c1c(Cl)nc3ccccn13)O[C@H](C)C2. The van der Waals surface area contributed by atoms with Crippen LogP contribution in [0.15, 0.2) is 36.5 Å². The van der Waals surface area contributed by atoms with Crippen molar-refractivity contribution in [3.05, 3.63) is 52.9 Å². The normalized spacial score (nSPS) is 15.6. The number of rotatable bonds is 4. The number of hydrogen-bond donors (Lipinski definition) is 1. The van der Waals surface area contributed by atoms with Crippen LogP contribution in [0.3, 0.4) is 0 Å². The Hall–Kier alpha value is -2.73. The molecule has 4 rings (SSSR count). The number of benzene rings is 1. The summed E-state index contributed by atoms with van der Waals surface area (Å²) in [7, 11) is 0. The van der Waals surface area contributed by atoms with Crippen LogP contribution in [0.2, 0.25) is 5.15 Å². The molecule has 0 fully saturated rings. The number of nitrogens with zero attached hydrogens (tertiary/aromatic N) is 2. The third kappa shape index (κ3) is 2.86. The van der Waals surface area contributed by atoms with Crippen LogP contribution >= 0.6 is 11.6 Å². The molecule has 7 heteroatoms. The molecule has 0 saturated carbocycles. The topological polar surface area (TPSA) is 64.9 Å². The number of anilines is 1. The van der Waals surface area contributed by atoms with Crippen LogP contribution in [0.1, 0.15) is 29.9 Å². The molecule has 1 atom stereocenters. The Morgan fingerprint density at radius 2 is 2.31 bits per heavy atom. The highest BCUT2D eigenvalue weighted by Gasteiger charge is 2.24. The van der Waals surface area contributed by atoms with Gasteiger partial charge in [-0.05, 0) is 32.0 Å². The van der Waals surface area contributed by atoms with Crippen LogP contribution in [-0.4, -0.2) is 28.0 Å². The quantitative estimate of drug-likeness (QED) is 0.753. The summed E-state index contributed by atoms with van der Waals surface area (Å²) in [4.78, 5) is 17.1. The van der Waals surface area contributed by atoms with Gasteiger partial charge in [0.1, 0.15) is 23.3 Å². The second-order valence-corrected chi connectivity index (χ2v) is 6.51. The maximum absolute atomic E-state index is 12.9. The van der Waals surface area contributed by atoms with E-state index in [-0.39, 0.29) is 22.9 Å². The monoisotopic (exact) mass is 371 g/mol. The molecular weight excluding hydrogens is 354 g/mol. The van der Waals surface area contributed by atoms with Crippen LogP contribution in [0.4, 0.5) is 5.69 Å². The van der Waals surface area contributed by atoms with Gasteiger partial charge in [-0.1, -0.05) is 17.7 Å². The zero-order valence-electron chi connectivity index (χ0n) is 14.5. The molecule has 0 aliphatic carbocycles. The predicted molar refractivity (Wildman–Crippen MR) is 99.6 cm³/mol. The summed E-state index contributed by atoms with van der Waals surface area (Å²) in [5.74, 6) is 1.02. The van der Waals surface area contributed by atoms with Gasteiger partial charge in [0, 0.05) is 24.2 Å². The van der Waals surface area contributed by atoms with Gasteiger partial charge in [0.15, 0.2) is 10.8 Å². The first-order valence-electron chi connectivity index (χ1n) is 8.47. The van der Waals surface area contributed by atoms with Gasteiger partial charge in [-0.3, -0.25) is 9.20 Å². The van der Waals surface area contributed by atoms with Crippen molar-refractivity contribution < 1.29 is 14.3 Å². The summed E-state index contributed by atoms with van der Waals surface area (Å²) in [6.45, 7) is 4.41. The number of carbonyl (C=O) groups is 1. The number of fused-ring (bicyclic) bond motifs is 2. The molecule has 3 heterocycles. The minimum Gasteiger partial charge on any atom is -0.492 e.